The molecule has 1 rings (SSSR count). The van der Waals surface area contributed by atoms with Crippen LogP contribution in [-0.2, 0) is 0 Å². The fourth-order valence-electron chi connectivity index (χ4n) is 0.769. The first kappa shape index (κ1) is 9.50. The summed E-state index contributed by atoms with van der Waals surface area (Å²) < 4.78 is 50.3. The Bertz CT molecular complexity index is 348. The third-order valence-electron chi connectivity index (χ3n) is 1.45. The van der Waals surface area contributed by atoms with E-state index in [0.717, 1.165) is 0 Å². The number of anilines is 1. The van der Waals surface area contributed by atoms with Crippen LogP contribution in [0.2, 0.25) is 0 Å². The zero-order valence-corrected chi connectivity index (χ0v) is 6.07. The van der Waals surface area contributed by atoms with Crippen LogP contribution in [0.15, 0.2) is 0 Å². The van der Waals surface area contributed by atoms with E-state index in [9.17, 15) is 22.4 Å². The molecule has 0 bridgehead atoms. The van der Waals surface area contributed by atoms with E-state index >= 15 is 0 Å². The molecule has 0 fully saturated rings. The first-order chi connectivity index (χ1) is 6.00. The summed E-state index contributed by atoms with van der Waals surface area (Å²) in [6.07, 6.45) is -0.323. The molecule has 0 saturated carbocycles. The Morgan fingerprint density at radius 3 is 1.62 bits per heavy atom. The van der Waals surface area contributed by atoms with Gasteiger partial charge in [-0.2, -0.15) is 0 Å². The van der Waals surface area contributed by atoms with Crippen molar-refractivity contribution in [3.05, 3.63) is 28.8 Å². The molecule has 0 amide bonds. The Balaban J connectivity index is 3.66. The molecule has 0 aliphatic carbocycles. The maximum absolute atomic E-state index is 12.6. The number of nitrogens with two attached hydrogens (primary N) is 1. The molecule has 0 radical (unpaired) electrons. The summed E-state index contributed by atoms with van der Waals surface area (Å²) in [5, 5.41) is 0. The minimum Gasteiger partial charge on any atom is -0.394 e. The molecule has 0 spiro atoms. The van der Waals surface area contributed by atoms with E-state index in [4.69, 9.17) is 0 Å². The largest absolute Gasteiger partial charge is 0.394 e. The molecule has 13 heavy (non-hydrogen) atoms. The fourth-order valence-corrected chi connectivity index (χ4v) is 0.769. The summed E-state index contributed by atoms with van der Waals surface area (Å²) in [7, 11) is 0. The number of carbonyl (C=O) groups excluding carboxylic acids is 1. The predicted octanol–water partition coefficient (Wildman–Crippen LogP) is 1.64. The molecule has 0 aliphatic rings. The van der Waals surface area contributed by atoms with Gasteiger partial charge in [0.1, 0.15) is 5.69 Å². The summed E-state index contributed by atoms with van der Waals surface area (Å²) in [6, 6.07) is 0. The van der Waals surface area contributed by atoms with Crippen molar-refractivity contribution in [2.24, 2.45) is 0 Å². The van der Waals surface area contributed by atoms with Gasteiger partial charge in [-0.3, -0.25) is 4.79 Å². The van der Waals surface area contributed by atoms with Gasteiger partial charge in [-0.15, -0.1) is 0 Å². The topological polar surface area (TPSA) is 43.1 Å². The van der Waals surface area contributed by atoms with Crippen molar-refractivity contribution in [1.82, 2.24) is 0 Å². The smallest absolute Gasteiger partial charge is 0.185 e. The van der Waals surface area contributed by atoms with Crippen molar-refractivity contribution in [1.29, 1.82) is 0 Å². The summed E-state index contributed by atoms with van der Waals surface area (Å²) in [6.45, 7) is 0. The van der Waals surface area contributed by atoms with Crippen LogP contribution in [0.4, 0.5) is 23.2 Å². The van der Waals surface area contributed by atoms with Gasteiger partial charge in [0.2, 0.25) is 0 Å². The second kappa shape index (κ2) is 3.04. The maximum atomic E-state index is 12.6. The minimum absolute atomic E-state index is 0.323. The Morgan fingerprint density at radius 1 is 0.923 bits per heavy atom. The number of aldehydes is 1. The Hall–Kier alpha value is -1.59. The van der Waals surface area contributed by atoms with Gasteiger partial charge in [0.25, 0.3) is 0 Å². The van der Waals surface area contributed by atoms with E-state index in [0.29, 0.717) is 0 Å². The van der Waals surface area contributed by atoms with Crippen molar-refractivity contribution in [2.75, 3.05) is 5.73 Å². The third kappa shape index (κ3) is 1.24. The second-order valence-electron chi connectivity index (χ2n) is 2.20. The van der Waals surface area contributed by atoms with E-state index in [1.807, 2.05) is 0 Å². The zero-order chi connectivity index (χ0) is 10.2. The standard InChI is InChI=1S/C7H3F4NO/c8-3-2(1-13)4(9)6(11)7(12)5(3)10/h1H,12H2. The SMILES string of the molecule is Nc1c(F)c(F)c(C=O)c(F)c1F. The lowest BCUT2D eigenvalue weighted by atomic mass is 10.1. The van der Waals surface area contributed by atoms with Gasteiger partial charge in [0.15, 0.2) is 29.6 Å². The zero-order valence-electron chi connectivity index (χ0n) is 6.07. The van der Waals surface area contributed by atoms with Crippen LogP contribution in [0.25, 0.3) is 0 Å². The number of hydrogen-bond acceptors (Lipinski definition) is 2. The fraction of sp³-hybridized carbons (Fsp3) is 0. The molecule has 1 aromatic rings. The normalized spacial score (nSPS) is 10.2. The predicted molar refractivity (Wildman–Crippen MR) is 36.1 cm³/mol. The molecule has 6 heteroatoms. The summed E-state index contributed by atoms with van der Waals surface area (Å²) in [5.41, 5.74) is 2.08. The van der Waals surface area contributed by atoms with Gasteiger partial charge < -0.3 is 5.73 Å². The van der Waals surface area contributed by atoms with E-state index in [1.165, 1.54) is 0 Å². The van der Waals surface area contributed by atoms with E-state index in [-0.39, 0.29) is 6.29 Å². The van der Waals surface area contributed by atoms with E-state index in [2.05, 4.69) is 5.73 Å². The molecule has 0 saturated heterocycles. The molecule has 0 heterocycles. The molecule has 1 aromatic carbocycles. The van der Waals surface area contributed by atoms with Gasteiger partial charge in [0.05, 0.1) is 5.56 Å². The van der Waals surface area contributed by atoms with E-state index in [1.54, 1.807) is 0 Å². The molecule has 2 N–H and O–H groups in total. The molecule has 0 aromatic heterocycles. The number of rotatable bonds is 1. The van der Waals surface area contributed by atoms with Gasteiger partial charge in [-0.05, 0) is 0 Å². The average molecular weight is 193 g/mol. The highest BCUT2D eigenvalue weighted by Crippen LogP contribution is 2.24. The third-order valence-corrected chi connectivity index (χ3v) is 1.45. The Labute approximate surface area is 70.0 Å². The van der Waals surface area contributed by atoms with E-state index < -0.39 is 34.5 Å². The van der Waals surface area contributed by atoms with Gasteiger partial charge in [0, 0.05) is 0 Å². The second-order valence-corrected chi connectivity index (χ2v) is 2.20. The van der Waals surface area contributed by atoms with Gasteiger partial charge in [-0.1, -0.05) is 0 Å². The summed E-state index contributed by atoms with van der Waals surface area (Å²) in [5.74, 6) is -7.10. The molecular formula is C7H3F4NO. The van der Waals surface area contributed by atoms with Crippen molar-refractivity contribution in [3.63, 3.8) is 0 Å². The summed E-state index contributed by atoms with van der Waals surface area (Å²) in [4.78, 5) is 10.0. The highest BCUT2D eigenvalue weighted by atomic mass is 19.2. The molecule has 0 atom stereocenters. The monoisotopic (exact) mass is 193 g/mol. The molecule has 0 aliphatic heterocycles. The number of benzene rings is 1. The first-order valence-electron chi connectivity index (χ1n) is 3.07. The molecule has 70 valence electrons. The van der Waals surface area contributed by atoms with Crippen LogP contribution in [0.3, 0.4) is 0 Å². The highest BCUT2D eigenvalue weighted by molar-refractivity contribution is 5.77. The van der Waals surface area contributed by atoms with Crippen LogP contribution in [0, 0.1) is 23.3 Å². The van der Waals surface area contributed by atoms with Crippen LogP contribution in [-0.4, -0.2) is 6.29 Å². The van der Waals surface area contributed by atoms with Crippen LogP contribution < -0.4 is 5.73 Å². The Morgan fingerprint density at radius 2 is 1.31 bits per heavy atom. The number of nitrogen functional groups attached to an aromatic ring is 1. The average Bonchev–Trinajstić information content (AvgIpc) is 2.13. The van der Waals surface area contributed by atoms with Gasteiger partial charge in [-0.25, -0.2) is 17.6 Å². The maximum Gasteiger partial charge on any atom is 0.185 e. The lowest BCUT2D eigenvalue weighted by molar-refractivity contribution is 0.111. The molecule has 2 nitrogen and oxygen atoms in total. The van der Waals surface area contributed by atoms with Crippen molar-refractivity contribution < 1.29 is 22.4 Å². The number of carbonyl (C=O) groups is 1. The van der Waals surface area contributed by atoms with Gasteiger partial charge >= 0.3 is 0 Å². The quantitative estimate of drug-likeness (QED) is 0.319. The minimum atomic E-state index is -1.79. The molecule has 0 unspecified atom stereocenters. The van der Waals surface area contributed by atoms with Crippen LogP contribution >= 0.6 is 0 Å². The highest BCUT2D eigenvalue weighted by Gasteiger charge is 2.22. The van der Waals surface area contributed by atoms with Crippen molar-refractivity contribution in [3.8, 4) is 0 Å². The van der Waals surface area contributed by atoms with Crippen LogP contribution in [0.1, 0.15) is 10.4 Å². The Kier molecular flexibility index (Phi) is 2.22. The number of hydrogen-bond donors (Lipinski definition) is 1. The number of halogens is 4. The van der Waals surface area contributed by atoms with Crippen LogP contribution in [0.5, 0.6) is 0 Å². The lowest BCUT2D eigenvalue weighted by Gasteiger charge is -2.03. The van der Waals surface area contributed by atoms with Crippen molar-refractivity contribution in [2.45, 2.75) is 0 Å². The lowest BCUT2D eigenvalue weighted by Crippen LogP contribution is -2.07. The summed E-state index contributed by atoms with van der Waals surface area (Å²) >= 11 is 0. The first-order valence-corrected chi connectivity index (χ1v) is 3.07. The molecular weight excluding hydrogens is 190 g/mol. The van der Waals surface area contributed by atoms with Crippen molar-refractivity contribution >= 4 is 12.0 Å².